The smallest absolute Gasteiger partial charge is 0.234 e. The molecule has 6 nitrogen and oxygen atoms in total. The van der Waals surface area contributed by atoms with Crippen LogP contribution in [0, 0.1) is 5.92 Å². The lowest BCUT2D eigenvalue weighted by atomic mass is 9.88. The average molecular weight is 346 g/mol. The summed E-state index contributed by atoms with van der Waals surface area (Å²) < 4.78 is 0. The Kier molecular flexibility index (Phi) is 7.37. The molecule has 0 spiro atoms. The predicted molar refractivity (Wildman–Crippen MR) is 98.1 cm³/mol. The molecule has 2 amide bonds. The van der Waals surface area contributed by atoms with E-state index in [1.54, 1.807) is 12.4 Å². The number of carbonyl (C=O) groups excluding carboxylic acids is 2. The summed E-state index contributed by atoms with van der Waals surface area (Å²) in [6.45, 7) is 10.1. The van der Waals surface area contributed by atoms with Gasteiger partial charge in [0.25, 0.3) is 0 Å². The van der Waals surface area contributed by atoms with E-state index in [1.807, 2.05) is 24.0 Å². The van der Waals surface area contributed by atoms with Crippen molar-refractivity contribution in [1.82, 2.24) is 20.1 Å². The number of hydrogen-bond acceptors (Lipinski definition) is 4. The Hall–Kier alpha value is -1.95. The van der Waals surface area contributed by atoms with E-state index in [2.05, 4.69) is 29.0 Å². The van der Waals surface area contributed by atoms with Crippen molar-refractivity contribution in [3.05, 3.63) is 30.1 Å². The fourth-order valence-electron chi connectivity index (χ4n) is 3.37. The number of pyridine rings is 1. The molecule has 1 aliphatic rings. The van der Waals surface area contributed by atoms with Crippen LogP contribution in [0.5, 0.6) is 0 Å². The van der Waals surface area contributed by atoms with Gasteiger partial charge in [0, 0.05) is 45.1 Å². The Morgan fingerprint density at radius 1 is 1.24 bits per heavy atom. The molecule has 1 aliphatic heterocycles. The zero-order chi connectivity index (χ0) is 18.2. The molecular weight excluding hydrogens is 316 g/mol. The van der Waals surface area contributed by atoms with Crippen molar-refractivity contribution in [3.63, 3.8) is 0 Å². The van der Waals surface area contributed by atoms with Gasteiger partial charge in [0.1, 0.15) is 0 Å². The number of aromatic nitrogens is 1. The molecule has 0 aliphatic carbocycles. The average Bonchev–Trinajstić information content (AvgIpc) is 2.81. The van der Waals surface area contributed by atoms with Crippen LogP contribution in [-0.2, 0) is 9.59 Å². The highest BCUT2D eigenvalue weighted by Crippen LogP contribution is 2.26. The minimum atomic E-state index is -0.163. The normalized spacial score (nSPS) is 17.2. The summed E-state index contributed by atoms with van der Waals surface area (Å²) in [5.41, 5.74) is 0.978. The lowest BCUT2D eigenvalue weighted by molar-refractivity contribution is -0.133. The van der Waals surface area contributed by atoms with Crippen LogP contribution in [0.2, 0.25) is 0 Å². The molecule has 1 saturated heterocycles. The quantitative estimate of drug-likeness (QED) is 0.848. The zero-order valence-corrected chi connectivity index (χ0v) is 15.6. The first kappa shape index (κ1) is 19.4. The van der Waals surface area contributed by atoms with E-state index in [9.17, 15) is 9.59 Å². The SMILES string of the molecule is CCNC(=O)CN1CCCN(C(=O)C(c2cccnc2)C(C)C)CC1. The molecule has 1 atom stereocenters. The summed E-state index contributed by atoms with van der Waals surface area (Å²) in [6, 6.07) is 3.86. The van der Waals surface area contributed by atoms with Crippen LogP contribution in [0.25, 0.3) is 0 Å². The number of carbonyl (C=O) groups is 2. The minimum absolute atomic E-state index is 0.0534. The largest absolute Gasteiger partial charge is 0.355 e. The Labute approximate surface area is 150 Å². The van der Waals surface area contributed by atoms with Gasteiger partial charge in [-0.15, -0.1) is 0 Å². The summed E-state index contributed by atoms with van der Waals surface area (Å²) in [5.74, 6) is 0.274. The van der Waals surface area contributed by atoms with Crippen molar-refractivity contribution in [1.29, 1.82) is 0 Å². The standard InChI is InChI=1S/C19H30N4O2/c1-4-21-17(24)14-22-9-6-10-23(12-11-22)19(25)18(15(2)3)16-7-5-8-20-13-16/h5,7-8,13,15,18H,4,6,9-12,14H2,1-3H3,(H,21,24). The van der Waals surface area contributed by atoms with Gasteiger partial charge in [0.15, 0.2) is 0 Å². The molecule has 1 fully saturated rings. The fourth-order valence-corrected chi connectivity index (χ4v) is 3.37. The first-order valence-corrected chi connectivity index (χ1v) is 9.20. The number of nitrogens with one attached hydrogen (secondary N) is 1. The molecule has 0 aromatic carbocycles. The van der Waals surface area contributed by atoms with Crippen LogP contribution in [-0.4, -0.2) is 65.9 Å². The minimum Gasteiger partial charge on any atom is -0.355 e. The van der Waals surface area contributed by atoms with Crippen molar-refractivity contribution in [2.45, 2.75) is 33.1 Å². The highest BCUT2D eigenvalue weighted by molar-refractivity contribution is 5.84. The molecule has 0 bridgehead atoms. The van der Waals surface area contributed by atoms with Crippen LogP contribution in [0.1, 0.15) is 38.7 Å². The van der Waals surface area contributed by atoms with Gasteiger partial charge in [0.05, 0.1) is 12.5 Å². The summed E-state index contributed by atoms with van der Waals surface area (Å²) in [6.07, 6.45) is 4.42. The molecule has 1 aromatic heterocycles. The molecule has 138 valence electrons. The van der Waals surface area contributed by atoms with Crippen LogP contribution >= 0.6 is 0 Å². The number of nitrogens with zero attached hydrogens (tertiary/aromatic N) is 3. The van der Waals surface area contributed by atoms with Crippen LogP contribution in [0.3, 0.4) is 0 Å². The van der Waals surface area contributed by atoms with E-state index in [0.717, 1.165) is 31.6 Å². The van der Waals surface area contributed by atoms with Gasteiger partial charge in [-0.05, 0) is 30.9 Å². The lowest BCUT2D eigenvalue weighted by Crippen LogP contribution is -2.41. The number of hydrogen-bond donors (Lipinski definition) is 1. The molecule has 25 heavy (non-hydrogen) atoms. The Balaban J connectivity index is 2.00. The van der Waals surface area contributed by atoms with Gasteiger partial charge in [-0.3, -0.25) is 19.5 Å². The maximum absolute atomic E-state index is 13.1. The van der Waals surface area contributed by atoms with E-state index < -0.39 is 0 Å². The molecule has 1 N–H and O–H groups in total. The second kappa shape index (κ2) is 9.51. The third-order valence-electron chi connectivity index (χ3n) is 4.62. The second-order valence-corrected chi connectivity index (χ2v) is 6.92. The predicted octanol–water partition coefficient (Wildman–Crippen LogP) is 1.49. The zero-order valence-electron chi connectivity index (χ0n) is 15.6. The van der Waals surface area contributed by atoms with Crippen molar-refractivity contribution in [3.8, 4) is 0 Å². The Bertz CT molecular complexity index is 562. The first-order valence-electron chi connectivity index (χ1n) is 9.20. The molecule has 1 unspecified atom stereocenters. The van der Waals surface area contributed by atoms with Gasteiger partial charge >= 0.3 is 0 Å². The van der Waals surface area contributed by atoms with E-state index in [-0.39, 0.29) is 23.7 Å². The summed E-state index contributed by atoms with van der Waals surface area (Å²) >= 11 is 0. The van der Waals surface area contributed by atoms with E-state index in [1.165, 1.54) is 0 Å². The summed E-state index contributed by atoms with van der Waals surface area (Å²) in [4.78, 5) is 33.2. The lowest BCUT2D eigenvalue weighted by Gasteiger charge is -2.28. The second-order valence-electron chi connectivity index (χ2n) is 6.92. The number of rotatable bonds is 6. The molecule has 1 aromatic rings. The molecule has 2 heterocycles. The number of likely N-dealkylation sites (N-methyl/N-ethyl adjacent to an activating group) is 1. The van der Waals surface area contributed by atoms with Gasteiger partial charge in [-0.1, -0.05) is 19.9 Å². The van der Waals surface area contributed by atoms with Crippen LogP contribution < -0.4 is 5.32 Å². The van der Waals surface area contributed by atoms with Crippen molar-refractivity contribution in [2.24, 2.45) is 5.92 Å². The van der Waals surface area contributed by atoms with Gasteiger partial charge < -0.3 is 10.2 Å². The van der Waals surface area contributed by atoms with Gasteiger partial charge in [0.2, 0.25) is 11.8 Å². The third-order valence-corrected chi connectivity index (χ3v) is 4.62. The highest BCUT2D eigenvalue weighted by Gasteiger charge is 2.30. The van der Waals surface area contributed by atoms with E-state index in [4.69, 9.17) is 0 Å². The maximum Gasteiger partial charge on any atom is 0.234 e. The first-order chi connectivity index (χ1) is 12.0. The van der Waals surface area contributed by atoms with Gasteiger partial charge in [-0.2, -0.15) is 0 Å². The Morgan fingerprint density at radius 3 is 2.68 bits per heavy atom. The van der Waals surface area contributed by atoms with E-state index in [0.29, 0.717) is 19.6 Å². The fraction of sp³-hybridized carbons (Fsp3) is 0.632. The highest BCUT2D eigenvalue weighted by atomic mass is 16.2. The molecule has 0 saturated carbocycles. The number of amides is 2. The van der Waals surface area contributed by atoms with E-state index >= 15 is 0 Å². The topological polar surface area (TPSA) is 65.5 Å². The third kappa shape index (κ3) is 5.53. The summed E-state index contributed by atoms with van der Waals surface area (Å²) in [5, 5.41) is 2.83. The molecule has 2 rings (SSSR count). The molecule has 6 heteroatoms. The van der Waals surface area contributed by atoms with Crippen molar-refractivity contribution in [2.75, 3.05) is 39.3 Å². The van der Waals surface area contributed by atoms with Gasteiger partial charge in [-0.25, -0.2) is 0 Å². The monoisotopic (exact) mass is 346 g/mol. The molecular formula is C19H30N4O2. The van der Waals surface area contributed by atoms with Crippen molar-refractivity contribution < 1.29 is 9.59 Å². The van der Waals surface area contributed by atoms with Crippen molar-refractivity contribution >= 4 is 11.8 Å². The Morgan fingerprint density at radius 2 is 2.04 bits per heavy atom. The van der Waals surface area contributed by atoms with Crippen LogP contribution in [0.4, 0.5) is 0 Å². The maximum atomic E-state index is 13.1. The van der Waals surface area contributed by atoms with Crippen LogP contribution in [0.15, 0.2) is 24.5 Å². The summed E-state index contributed by atoms with van der Waals surface area (Å²) in [7, 11) is 0. The molecule has 0 radical (unpaired) electrons.